The number of aromatic nitrogens is 1. The van der Waals surface area contributed by atoms with Gasteiger partial charge in [-0.3, -0.25) is 0 Å². The van der Waals surface area contributed by atoms with Gasteiger partial charge in [-0.2, -0.15) is 0 Å². The number of hydrogen-bond acceptors (Lipinski definition) is 3. The quantitative estimate of drug-likeness (QED) is 0.922. The molecule has 1 N–H and O–H groups in total. The van der Waals surface area contributed by atoms with Crippen molar-refractivity contribution < 1.29 is 0 Å². The van der Waals surface area contributed by atoms with Crippen molar-refractivity contribution in [2.75, 3.05) is 5.32 Å². The molecule has 0 saturated heterocycles. The molecule has 0 spiro atoms. The van der Waals surface area contributed by atoms with Gasteiger partial charge in [-0.1, -0.05) is 18.2 Å². The zero-order valence-corrected chi connectivity index (χ0v) is 9.81. The third kappa shape index (κ3) is 2.56. The average Bonchev–Trinajstić information content (AvgIpc) is 2.63. The molecule has 1 heterocycles. The lowest BCUT2D eigenvalue weighted by molar-refractivity contribution is 1.07. The normalized spacial score (nSPS) is 10.1. The van der Waals surface area contributed by atoms with Crippen molar-refractivity contribution in [3.8, 4) is 0 Å². The van der Waals surface area contributed by atoms with Gasteiger partial charge < -0.3 is 5.32 Å². The number of benzene rings is 1. The minimum absolute atomic E-state index is 0.770. The van der Waals surface area contributed by atoms with E-state index >= 15 is 0 Å². The van der Waals surface area contributed by atoms with E-state index in [9.17, 15) is 0 Å². The first-order valence-corrected chi connectivity index (χ1v) is 5.91. The fraction of sp³-hybridized carbons (Fsp3) is 0.100. The first-order chi connectivity index (χ1) is 6.84. The van der Waals surface area contributed by atoms with E-state index in [4.69, 9.17) is 0 Å². The van der Waals surface area contributed by atoms with Crippen LogP contribution in [0.1, 0.15) is 5.69 Å². The van der Waals surface area contributed by atoms with Gasteiger partial charge in [0.1, 0.15) is 0 Å². The molecule has 0 unspecified atom stereocenters. The maximum atomic E-state index is 4.30. The molecule has 4 heteroatoms. The second-order valence-electron chi connectivity index (χ2n) is 2.81. The average molecular weight is 269 g/mol. The smallest absolute Gasteiger partial charge is 0.159 e. The molecule has 72 valence electrons. The lowest BCUT2D eigenvalue weighted by atomic mass is 10.3. The van der Waals surface area contributed by atoms with Crippen molar-refractivity contribution in [1.29, 1.82) is 0 Å². The zero-order chi connectivity index (χ0) is 9.80. The van der Waals surface area contributed by atoms with Crippen LogP contribution in [-0.4, -0.2) is 4.98 Å². The predicted molar refractivity (Wildman–Crippen MR) is 63.6 cm³/mol. The monoisotopic (exact) mass is 268 g/mol. The Kier molecular flexibility index (Phi) is 3.16. The first-order valence-electron chi connectivity index (χ1n) is 4.23. The third-order valence-corrected chi connectivity index (χ3v) is 3.18. The number of hydrogen-bond donors (Lipinski definition) is 1. The Hall–Kier alpha value is -0.870. The summed E-state index contributed by atoms with van der Waals surface area (Å²) in [5.41, 5.74) is 2.18. The van der Waals surface area contributed by atoms with Crippen molar-refractivity contribution in [3.63, 3.8) is 0 Å². The SMILES string of the molecule is Brc1nc(CNc2ccccc2)cs1. The third-order valence-electron chi connectivity index (χ3n) is 1.77. The second-order valence-corrected chi connectivity index (χ2v) is 4.95. The van der Waals surface area contributed by atoms with Crippen molar-refractivity contribution in [3.05, 3.63) is 45.3 Å². The Labute approximate surface area is 95.1 Å². The molecular weight excluding hydrogens is 260 g/mol. The van der Waals surface area contributed by atoms with Crippen LogP contribution in [0.4, 0.5) is 5.69 Å². The second kappa shape index (κ2) is 4.57. The van der Waals surface area contributed by atoms with Crippen molar-refractivity contribution in [1.82, 2.24) is 4.98 Å². The number of thiazole rings is 1. The van der Waals surface area contributed by atoms with E-state index < -0.39 is 0 Å². The molecule has 0 amide bonds. The van der Waals surface area contributed by atoms with Crippen LogP contribution in [0, 0.1) is 0 Å². The van der Waals surface area contributed by atoms with Crippen molar-refractivity contribution in [2.24, 2.45) is 0 Å². The number of nitrogens with one attached hydrogen (secondary N) is 1. The number of para-hydroxylation sites is 1. The number of nitrogens with zero attached hydrogens (tertiary/aromatic N) is 1. The van der Waals surface area contributed by atoms with E-state index in [0.29, 0.717) is 0 Å². The molecule has 2 nitrogen and oxygen atoms in total. The lowest BCUT2D eigenvalue weighted by Gasteiger charge is -2.02. The molecule has 1 aromatic carbocycles. The highest BCUT2D eigenvalue weighted by molar-refractivity contribution is 9.11. The molecule has 0 aliphatic heterocycles. The molecule has 0 aliphatic rings. The predicted octanol–water partition coefficient (Wildman–Crippen LogP) is 3.52. The van der Waals surface area contributed by atoms with Crippen LogP contribution >= 0.6 is 27.3 Å². The molecule has 0 aliphatic carbocycles. The Morgan fingerprint density at radius 3 is 2.71 bits per heavy atom. The highest BCUT2D eigenvalue weighted by Gasteiger charge is 1.98. The molecule has 0 radical (unpaired) electrons. The summed E-state index contributed by atoms with van der Waals surface area (Å²) in [4.78, 5) is 4.30. The first kappa shape index (κ1) is 9.68. The molecule has 0 fully saturated rings. The van der Waals surface area contributed by atoms with Gasteiger partial charge in [-0.25, -0.2) is 4.98 Å². The number of halogens is 1. The lowest BCUT2D eigenvalue weighted by Crippen LogP contribution is -1.98. The topological polar surface area (TPSA) is 24.9 Å². The molecule has 2 rings (SSSR count). The highest BCUT2D eigenvalue weighted by Crippen LogP contribution is 2.16. The summed E-state index contributed by atoms with van der Waals surface area (Å²) in [5.74, 6) is 0. The van der Waals surface area contributed by atoms with Gasteiger partial charge in [0.15, 0.2) is 3.92 Å². The summed E-state index contributed by atoms with van der Waals surface area (Å²) >= 11 is 4.94. The molecule has 14 heavy (non-hydrogen) atoms. The fourth-order valence-electron chi connectivity index (χ4n) is 1.11. The van der Waals surface area contributed by atoms with Crippen molar-refractivity contribution >= 4 is 33.0 Å². The molecular formula is C10H9BrN2S. The van der Waals surface area contributed by atoms with E-state index in [2.05, 4.69) is 26.2 Å². The summed E-state index contributed by atoms with van der Waals surface area (Å²) < 4.78 is 0.933. The van der Waals surface area contributed by atoms with Crippen LogP contribution in [0.3, 0.4) is 0 Å². The number of rotatable bonds is 3. The maximum absolute atomic E-state index is 4.30. The van der Waals surface area contributed by atoms with E-state index in [-0.39, 0.29) is 0 Å². The summed E-state index contributed by atoms with van der Waals surface area (Å²) in [6.45, 7) is 0.770. The van der Waals surface area contributed by atoms with Gasteiger partial charge in [0.05, 0.1) is 12.2 Å². The fourth-order valence-corrected chi connectivity index (χ4v) is 2.16. The Morgan fingerprint density at radius 1 is 1.29 bits per heavy atom. The van der Waals surface area contributed by atoms with Gasteiger partial charge >= 0.3 is 0 Å². The standard InChI is InChI=1S/C10H9BrN2S/c11-10-13-9(7-14-10)6-12-8-4-2-1-3-5-8/h1-5,7,12H,6H2. The van der Waals surface area contributed by atoms with E-state index in [1.807, 2.05) is 35.7 Å². The van der Waals surface area contributed by atoms with Gasteiger partial charge in [-0.15, -0.1) is 11.3 Å². The Bertz CT molecular complexity index is 400. The molecule has 0 atom stereocenters. The van der Waals surface area contributed by atoms with E-state index in [1.165, 1.54) is 0 Å². The van der Waals surface area contributed by atoms with E-state index in [0.717, 1.165) is 21.8 Å². The summed E-state index contributed by atoms with van der Waals surface area (Å²) in [6, 6.07) is 10.1. The molecule has 0 bridgehead atoms. The minimum atomic E-state index is 0.770. The van der Waals surface area contributed by atoms with Gasteiger partial charge in [0.25, 0.3) is 0 Å². The zero-order valence-electron chi connectivity index (χ0n) is 7.40. The molecule has 2 aromatic rings. The number of anilines is 1. The van der Waals surface area contributed by atoms with Crippen LogP contribution in [0.15, 0.2) is 39.6 Å². The van der Waals surface area contributed by atoms with Gasteiger partial charge in [0, 0.05) is 11.1 Å². The van der Waals surface area contributed by atoms with Crippen LogP contribution in [-0.2, 0) is 6.54 Å². The van der Waals surface area contributed by atoms with Gasteiger partial charge in [0.2, 0.25) is 0 Å². The molecule has 0 saturated carbocycles. The highest BCUT2D eigenvalue weighted by atomic mass is 79.9. The van der Waals surface area contributed by atoms with Crippen LogP contribution < -0.4 is 5.32 Å². The van der Waals surface area contributed by atoms with Gasteiger partial charge in [-0.05, 0) is 28.1 Å². The van der Waals surface area contributed by atoms with E-state index in [1.54, 1.807) is 11.3 Å². The summed E-state index contributed by atoms with van der Waals surface area (Å²) in [6.07, 6.45) is 0. The molecule has 1 aromatic heterocycles. The Morgan fingerprint density at radius 2 is 2.07 bits per heavy atom. The van der Waals surface area contributed by atoms with Crippen molar-refractivity contribution in [2.45, 2.75) is 6.54 Å². The summed E-state index contributed by atoms with van der Waals surface area (Å²) in [7, 11) is 0. The summed E-state index contributed by atoms with van der Waals surface area (Å²) in [5, 5.41) is 5.34. The maximum Gasteiger partial charge on any atom is 0.159 e. The minimum Gasteiger partial charge on any atom is -0.379 e. The Balaban J connectivity index is 1.95. The van der Waals surface area contributed by atoms with Crippen LogP contribution in [0.2, 0.25) is 0 Å². The van der Waals surface area contributed by atoms with Crippen LogP contribution in [0.5, 0.6) is 0 Å². The largest absolute Gasteiger partial charge is 0.379 e. The van der Waals surface area contributed by atoms with Crippen LogP contribution in [0.25, 0.3) is 0 Å².